The second kappa shape index (κ2) is 5.70. The summed E-state index contributed by atoms with van der Waals surface area (Å²) in [6.45, 7) is 3.95. The van der Waals surface area contributed by atoms with Gasteiger partial charge in [0, 0.05) is 0 Å². The summed E-state index contributed by atoms with van der Waals surface area (Å²) >= 11 is 7.35. The van der Waals surface area contributed by atoms with Crippen molar-refractivity contribution in [2.75, 3.05) is 7.11 Å². The van der Waals surface area contributed by atoms with Gasteiger partial charge in [0.2, 0.25) is 0 Å². The second-order valence-corrected chi connectivity index (χ2v) is 6.77. The summed E-state index contributed by atoms with van der Waals surface area (Å²) in [6.07, 6.45) is 0. The number of pyridine rings is 1. The lowest BCUT2D eigenvalue weighted by Gasteiger charge is -2.06. The zero-order valence-corrected chi connectivity index (χ0v) is 13.8. The first-order chi connectivity index (χ1) is 10.5. The fourth-order valence-electron chi connectivity index (χ4n) is 2.22. The van der Waals surface area contributed by atoms with Crippen LogP contribution in [0.15, 0.2) is 22.7 Å². The highest BCUT2D eigenvalue weighted by atomic mass is 35.5. The van der Waals surface area contributed by atoms with Gasteiger partial charge < -0.3 is 9.26 Å². The molecule has 3 heterocycles. The summed E-state index contributed by atoms with van der Waals surface area (Å²) in [6, 6.07) is 5.33. The molecular weight excluding hydrogens is 324 g/mol. The lowest BCUT2D eigenvalue weighted by Crippen LogP contribution is -2.04. The summed E-state index contributed by atoms with van der Waals surface area (Å²) in [7, 11) is 1.35. The van der Waals surface area contributed by atoms with Crippen LogP contribution in [0, 0.1) is 0 Å². The first-order valence-electron chi connectivity index (χ1n) is 6.65. The van der Waals surface area contributed by atoms with Crippen molar-refractivity contribution < 1.29 is 14.1 Å². The molecule has 0 bridgehead atoms. The van der Waals surface area contributed by atoms with Gasteiger partial charge in [-0.2, -0.15) is 0 Å². The molecule has 0 aliphatic rings. The monoisotopic (exact) mass is 336 g/mol. The number of ether oxygens (including phenoxy) is 1. The van der Waals surface area contributed by atoms with Gasteiger partial charge in [0.15, 0.2) is 0 Å². The van der Waals surface area contributed by atoms with E-state index in [-0.39, 0.29) is 5.92 Å². The predicted molar refractivity (Wildman–Crippen MR) is 85.6 cm³/mol. The van der Waals surface area contributed by atoms with Crippen LogP contribution in [0.1, 0.15) is 35.8 Å². The Morgan fingerprint density at radius 2 is 2.18 bits per heavy atom. The lowest BCUT2D eigenvalue weighted by atomic mass is 10.0. The zero-order chi connectivity index (χ0) is 15.9. The van der Waals surface area contributed by atoms with Crippen molar-refractivity contribution in [2.24, 2.45) is 0 Å². The largest absolute Gasteiger partial charge is 0.465 e. The molecule has 0 fully saturated rings. The minimum absolute atomic E-state index is 0.105. The molecule has 0 atom stereocenters. The lowest BCUT2D eigenvalue weighted by molar-refractivity contribution is 0.0603. The van der Waals surface area contributed by atoms with Crippen molar-refractivity contribution in [3.8, 4) is 10.6 Å². The van der Waals surface area contributed by atoms with Gasteiger partial charge in [0.1, 0.15) is 0 Å². The van der Waals surface area contributed by atoms with Crippen molar-refractivity contribution in [3.63, 3.8) is 0 Å². The third-order valence-electron chi connectivity index (χ3n) is 3.25. The fraction of sp³-hybridized carbons (Fsp3) is 0.267. The fourth-order valence-corrected chi connectivity index (χ4v) is 3.22. The second-order valence-electron chi connectivity index (χ2n) is 5.05. The number of methoxy groups -OCH3 is 1. The molecule has 0 aromatic carbocycles. The molecule has 0 unspecified atom stereocenters. The molecule has 114 valence electrons. The Hall–Kier alpha value is -1.92. The number of carbonyl (C=O) groups is 1. The number of halogens is 1. The molecule has 3 rings (SSSR count). The predicted octanol–water partition coefficient (Wildman–Crippen LogP) is 4.51. The summed E-state index contributed by atoms with van der Waals surface area (Å²) < 4.78 is 10.9. The zero-order valence-electron chi connectivity index (χ0n) is 12.2. The minimum atomic E-state index is -0.443. The van der Waals surface area contributed by atoms with Gasteiger partial charge in [0.05, 0.1) is 38.7 Å². The van der Waals surface area contributed by atoms with Crippen LogP contribution in [-0.2, 0) is 4.74 Å². The molecule has 0 aliphatic heterocycles. The number of nitrogens with zero attached hydrogens (tertiary/aromatic N) is 2. The molecule has 0 aliphatic carbocycles. The van der Waals surface area contributed by atoms with Gasteiger partial charge in [-0.15, -0.1) is 11.3 Å². The van der Waals surface area contributed by atoms with Crippen LogP contribution in [0.3, 0.4) is 0 Å². The topological polar surface area (TPSA) is 65.2 Å². The van der Waals surface area contributed by atoms with Crippen LogP contribution < -0.4 is 0 Å². The number of carbonyl (C=O) groups excluding carboxylic acids is 1. The highest BCUT2D eigenvalue weighted by Gasteiger charge is 2.23. The Kier molecular flexibility index (Phi) is 3.88. The minimum Gasteiger partial charge on any atom is -0.465 e. The van der Waals surface area contributed by atoms with Gasteiger partial charge in [-0.1, -0.05) is 30.6 Å². The summed E-state index contributed by atoms with van der Waals surface area (Å²) in [5.41, 5.74) is 2.03. The van der Waals surface area contributed by atoms with Gasteiger partial charge in [0.25, 0.3) is 5.71 Å². The van der Waals surface area contributed by atoms with E-state index >= 15 is 0 Å². The number of rotatable bonds is 3. The maximum atomic E-state index is 12.1. The maximum absolute atomic E-state index is 12.1. The highest BCUT2D eigenvalue weighted by Crippen LogP contribution is 2.34. The number of hydrogen-bond donors (Lipinski definition) is 0. The standard InChI is InChI=1S/C15H13ClN2O3S/c1-7(2)13-12-8(15(19)20-3)6-9(17-14(12)21-18-13)10-4-5-11(16)22-10/h4-7H,1-3H3. The van der Waals surface area contributed by atoms with Crippen molar-refractivity contribution >= 4 is 40.0 Å². The molecule has 0 saturated heterocycles. The summed E-state index contributed by atoms with van der Waals surface area (Å²) in [4.78, 5) is 17.4. The van der Waals surface area contributed by atoms with Crippen molar-refractivity contribution in [2.45, 2.75) is 19.8 Å². The molecule has 5 nitrogen and oxygen atoms in total. The normalized spacial score (nSPS) is 11.3. The summed E-state index contributed by atoms with van der Waals surface area (Å²) in [5, 5.41) is 4.65. The Labute approximate surface area is 135 Å². The van der Waals surface area contributed by atoms with Crippen LogP contribution in [-0.4, -0.2) is 23.2 Å². The Bertz CT molecular complexity index is 854. The Balaban J connectivity index is 2.29. The van der Waals surface area contributed by atoms with Crippen LogP contribution in [0.25, 0.3) is 21.7 Å². The van der Waals surface area contributed by atoms with E-state index in [9.17, 15) is 4.79 Å². The molecule has 3 aromatic rings. The average Bonchev–Trinajstić information content (AvgIpc) is 3.11. The van der Waals surface area contributed by atoms with Gasteiger partial charge in [-0.25, -0.2) is 9.78 Å². The number of esters is 1. The Morgan fingerprint density at radius 1 is 1.41 bits per heavy atom. The molecular formula is C15H13ClN2O3S. The van der Waals surface area contributed by atoms with Crippen molar-refractivity contribution in [3.05, 3.63) is 33.8 Å². The first-order valence-corrected chi connectivity index (χ1v) is 7.85. The third-order valence-corrected chi connectivity index (χ3v) is 4.50. The van der Waals surface area contributed by atoms with Gasteiger partial charge in [-0.05, 0) is 24.1 Å². The molecule has 22 heavy (non-hydrogen) atoms. The summed E-state index contributed by atoms with van der Waals surface area (Å²) in [5.74, 6) is -0.338. The number of hydrogen-bond acceptors (Lipinski definition) is 6. The van der Waals surface area contributed by atoms with Crippen LogP contribution >= 0.6 is 22.9 Å². The molecule has 3 aromatic heterocycles. The van der Waals surface area contributed by atoms with E-state index < -0.39 is 5.97 Å². The number of fused-ring (bicyclic) bond motifs is 1. The molecule has 0 amide bonds. The molecule has 0 radical (unpaired) electrons. The van der Waals surface area contributed by atoms with E-state index in [1.807, 2.05) is 19.9 Å². The Morgan fingerprint density at radius 3 is 2.77 bits per heavy atom. The molecule has 7 heteroatoms. The van der Waals surface area contributed by atoms with E-state index in [4.69, 9.17) is 20.9 Å². The van der Waals surface area contributed by atoms with Crippen molar-refractivity contribution in [1.82, 2.24) is 10.1 Å². The number of thiophene rings is 1. The van der Waals surface area contributed by atoms with Crippen molar-refractivity contribution in [1.29, 1.82) is 0 Å². The molecule has 0 saturated carbocycles. The quantitative estimate of drug-likeness (QED) is 0.658. The van der Waals surface area contributed by atoms with Gasteiger partial charge >= 0.3 is 5.97 Å². The van der Waals surface area contributed by atoms with E-state index in [1.165, 1.54) is 18.4 Å². The van der Waals surface area contributed by atoms with E-state index in [2.05, 4.69) is 10.1 Å². The third kappa shape index (κ3) is 2.48. The number of aromatic nitrogens is 2. The van der Waals surface area contributed by atoms with Crippen LogP contribution in [0.4, 0.5) is 0 Å². The SMILES string of the molecule is COC(=O)c1cc(-c2ccc(Cl)s2)nc2onc(C(C)C)c12. The van der Waals surface area contributed by atoms with Crippen LogP contribution in [0.5, 0.6) is 0 Å². The highest BCUT2D eigenvalue weighted by molar-refractivity contribution is 7.19. The van der Waals surface area contributed by atoms with E-state index in [0.29, 0.717) is 32.4 Å². The molecule has 0 spiro atoms. The van der Waals surface area contributed by atoms with Gasteiger partial charge in [-0.3, -0.25) is 0 Å². The average molecular weight is 337 g/mol. The van der Waals surface area contributed by atoms with Crippen LogP contribution in [0.2, 0.25) is 4.34 Å². The first kappa shape index (κ1) is 15.0. The molecule has 0 N–H and O–H groups in total. The van der Waals surface area contributed by atoms with E-state index in [1.54, 1.807) is 12.1 Å². The van der Waals surface area contributed by atoms with E-state index in [0.717, 1.165) is 4.88 Å². The maximum Gasteiger partial charge on any atom is 0.338 e. The smallest absolute Gasteiger partial charge is 0.338 e.